The average Bonchev–Trinajstić information content (AvgIpc) is 3.09. The van der Waals surface area contributed by atoms with Gasteiger partial charge in [0.25, 0.3) is 0 Å². The van der Waals surface area contributed by atoms with Crippen molar-refractivity contribution < 1.29 is 9.13 Å². The lowest BCUT2D eigenvalue weighted by molar-refractivity contribution is 0.122. The summed E-state index contributed by atoms with van der Waals surface area (Å²) in [7, 11) is 0. The van der Waals surface area contributed by atoms with Crippen LogP contribution in [0.15, 0.2) is 47.7 Å². The first kappa shape index (κ1) is 20.3. The lowest BCUT2D eigenvalue weighted by Gasteiger charge is -2.27. The van der Waals surface area contributed by atoms with Crippen LogP contribution in [0.25, 0.3) is 23.2 Å². The maximum absolute atomic E-state index is 13.6. The Morgan fingerprint density at radius 1 is 1.23 bits per heavy atom. The largest absolute Gasteiger partial charge is 0.378 e. The first-order valence-electron chi connectivity index (χ1n) is 9.55. The third kappa shape index (κ3) is 3.99. The molecule has 2 aromatic heterocycles. The number of anilines is 1. The number of aromatic nitrogens is 3. The van der Waals surface area contributed by atoms with Crippen molar-refractivity contribution in [3.63, 3.8) is 0 Å². The van der Waals surface area contributed by atoms with Gasteiger partial charge in [-0.1, -0.05) is 11.6 Å². The summed E-state index contributed by atoms with van der Waals surface area (Å²) < 4.78 is 20.9. The molecule has 0 unspecified atom stereocenters. The monoisotopic (exact) mass is 425 g/mol. The SMILES string of the molecule is C=N/C=C\c1nc(-c2ccc(N3CCOCC3)nc2)n(-c2ccc(F)cc2Cl)c1C. The fraction of sp³-hybridized carbons (Fsp3) is 0.227. The summed E-state index contributed by atoms with van der Waals surface area (Å²) >= 11 is 6.37. The van der Waals surface area contributed by atoms with Crippen molar-refractivity contribution in [1.82, 2.24) is 14.5 Å². The van der Waals surface area contributed by atoms with Crippen LogP contribution in [-0.4, -0.2) is 47.6 Å². The molecule has 4 rings (SSSR count). The fourth-order valence-corrected chi connectivity index (χ4v) is 3.70. The minimum Gasteiger partial charge on any atom is -0.378 e. The Hall–Kier alpha value is -3.03. The molecule has 1 aromatic carbocycles. The number of hydrogen-bond acceptors (Lipinski definition) is 5. The lowest BCUT2D eigenvalue weighted by atomic mass is 10.2. The van der Waals surface area contributed by atoms with Gasteiger partial charge in [0.2, 0.25) is 0 Å². The quantitative estimate of drug-likeness (QED) is 0.563. The third-order valence-electron chi connectivity index (χ3n) is 4.97. The van der Waals surface area contributed by atoms with Gasteiger partial charge in [0.15, 0.2) is 0 Å². The van der Waals surface area contributed by atoms with E-state index in [9.17, 15) is 4.39 Å². The number of ether oxygens (including phenoxy) is 1. The van der Waals surface area contributed by atoms with E-state index in [2.05, 4.69) is 21.6 Å². The van der Waals surface area contributed by atoms with Gasteiger partial charge in [-0.15, -0.1) is 0 Å². The van der Waals surface area contributed by atoms with Crippen LogP contribution < -0.4 is 4.90 Å². The van der Waals surface area contributed by atoms with E-state index in [0.717, 1.165) is 35.9 Å². The predicted octanol–water partition coefficient (Wildman–Crippen LogP) is 4.54. The van der Waals surface area contributed by atoms with Crippen LogP contribution in [0.1, 0.15) is 11.4 Å². The average molecular weight is 426 g/mol. The molecule has 6 nitrogen and oxygen atoms in total. The highest BCUT2D eigenvalue weighted by Gasteiger charge is 2.19. The molecule has 0 amide bonds. The number of aliphatic imine (C=N–C) groups is 1. The molecule has 154 valence electrons. The summed E-state index contributed by atoms with van der Waals surface area (Å²) in [6.45, 7) is 8.42. The van der Waals surface area contributed by atoms with Gasteiger partial charge in [-0.3, -0.25) is 9.56 Å². The zero-order valence-electron chi connectivity index (χ0n) is 16.6. The Balaban J connectivity index is 1.80. The van der Waals surface area contributed by atoms with E-state index < -0.39 is 5.82 Å². The van der Waals surface area contributed by atoms with E-state index in [1.54, 1.807) is 24.5 Å². The molecule has 1 aliphatic rings. The van der Waals surface area contributed by atoms with Crippen molar-refractivity contribution in [2.45, 2.75) is 6.92 Å². The molecule has 30 heavy (non-hydrogen) atoms. The maximum atomic E-state index is 13.6. The highest BCUT2D eigenvalue weighted by atomic mass is 35.5. The Labute approximate surface area is 179 Å². The second-order valence-corrected chi connectivity index (χ2v) is 7.25. The second kappa shape index (κ2) is 8.77. The molecule has 0 aliphatic carbocycles. The minimum absolute atomic E-state index is 0.298. The number of hydrogen-bond donors (Lipinski definition) is 0. The molecular formula is C22H21ClFN5O. The summed E-state index contributed by atoms with van der Waals surface area (Å²) in [4.78, 5) is 15.3. The van der Waals surface area contributed by atoms with Crippen LogP contribution in [0.5, 0.6) is 0 Å². The Kier molecular flexibility index (Phi) is 5.92. The van der Waals surface area contributed by atoms with Gasteiger partial charge in [-0.05, 0) is 50.0 Å². The van der Waals surface area contributed by atoms with Crippen molar-refractivity contribution in [1.29, 1.82) is 0 Å². The number of benzene rings is 1. The van der Waals surface area contributed by atoms with E-state index in [1.807, 2.05) is 23.6 Å². The topological polar surface area (TPSA) is 55.5 Å². The molecule has 1 aliphatic heterocycles. The predicted molar refractivity (Wildman–Crippen MR) is 118 cm³/mol. The molecule has 0 N–H and O–H groups in total. The van der Waals surface area contributed by atoms with Crippen LogP contribution in [0.3, 0.4) is 0 Å². The zero-order valence-corrected chi connectivity index (χ0v) is 17.3. The zero-order chi connectivity index (χ0) is 21.1. The van der Waals surface area contributed by atoms with Crippen LogP contribution in [-0.2, 0) is 4.74 Å². The molecular weight excluding hydrogens is 405 g/mol. The molecule has 0 atom stereocenters. The lowest BCUT2D eigenvalue weighted by Crippen LogP contribution is -2.36. The number of rotatable bonds is 5. The summed E-state index contributed by atoms with van der Waals surface area (Å²) in [6.07, 6.45) is 5.14. The van der Waals surface area contributed by atoms with E-state index >= 15 is 0 Å². The molecule has 3 aromatic rings. The fourth-order valence-electron chi connectivity index (χ4n) is 3.45. The number of morpholine rings is 1. The molecule has 0 radical (unpaired) electrons. The van der Waals surface area contributed by atoms with Gasteiger partial charge in [0, 0.05) is 36.7 Å². The minimum atomic E-state index is -0.393. The number of pyridine rings is 1. The van der Waals surface area contributed by atoms with Gasteiger partial charge < -0.3 is 9.64 Å². The van der Waals surface area contributed by atoms with E-state index in [4.69, 9.17) is 21.3 Å². The van der Waals surface area contributed by atoms with Crippen molar-refractivity contribution >= 4 is 30.2 Å². The highest BCUT2D eigenvalue weighted by molar-refractivity contribution is 6.32. The first-order chi connectivity index (χ1) is 14.6. The Morgan fingerprint density at radius 3 is 2.70 bits per heavy atom. The van der Waals surface area contributed by atoms with E-state index in [-0.39, 0.29) is 0 Å². The Bertz CT molecular complexity index is 1090. The molecule has 0 spiro atoms. The molecule has 1 saturated heterocycles. The van der Waals surface area contributed by atoms with Gasteiger partial charge in [0.05, 0.1) is 29.6 Å². The summed E-state index contributed by atoms with van der Waals surface area (Å²) in [6, 6.07) is 8.27. The van der Waals surface area contributed by atoms with Crippen LogP contribution in [0, 0.1) is 12.7 Å². The van der Waals surface area contributed by atoms with Crippen molar-refractivity contribution in [3.05, 3.63) is 65.0 Å². The normalized spacial score (nSPS) is 14.4. The summed E-state index contributed by atoms with van der Waals surface area (Å²) in [5.74, 6) is 1.16. The molecule has 3 heterocycles. The number of imidazole rings is 1. The summed E-state index contributed by atoms with van der Waals surface area (Å²) in [5.41, 5.74) is 3.02. The molecule has 1 fully saturated rings. The van der Waals surface area contributed by atoms with Gasteiger partial charge in [-0.2, -0.15) is 0 Å². The highest BCUT2D eigenvalue weighted by Crippen LogP contribution is 2.31. The van der Waals surface area contributed by atoms with Crippen molar-refractivity contribution in [2.24, 2.45) is 4.99 Å². The van der Waals surface area contributed by atoms with Crippen LogP contribution in [0.4, 0.5) is 10.2 Å². The van der Waals surface area contributed by atoms with E-state index in [0.29, 0.717) is 29.7 Å². The number of nitrogens with zero attached hydrogens (tertiary/aromatic N) is 5. The molecule has 0 bridgehead atoms. The van der Waals surface area contributed by atoms with Crippen molar-refractivity contribution in [2.75, 3.05) is 31.2 Å². The standard InChI is InChI=1S/C22H21ClFN5O/c1-15-19(7-8-25-2)27-22(29(15)20-5-4-17(24)13-18(20)23)16-3-6-21(26-14-16)28-9-11-30-12-10-28/h3-8,13-14H,2,9-12H2,1H3/b8-7-. The molecule has 8 heteroatoms. The maximum Gasteiger partial charge on any atom is 0.147 e. The summed E-state index contributed by atoms with van der Waals surface area (Å²) in [5, 5.41) is 0.298. The third-order valence-corrected chi connectivity index (χ3v) is 5.28. The van der Waals surface area contributed by atoms with Gasteiger partial charge in [0.1, 0.15) is 17.5 Å². The van der Waals surface area contributed by atoms with Crippen LogP contribution >= 0.6 is 11.6 Å². The van der Waals surface area contributed by atoms with Crippen LogP contribution in [0.2, 0.25) is 5.02 Å². The second-order valence-electron chi connectivity index (χ2n) is 6.84. The number of halogens is 2. The van der Waals surface area contributed by atoms with Gasteiger partial charge in [-0.25, -0.2) is 14.4 Å². The van der Waals surface area contributed by atoms with Crippen molar-refractivity contribution in [3.8, 4) is 17.1 Å². The van der Waals surface area contributed by atoms with E-state index in [1.165, 1.54) is 12.1 Å². The molecule has 0 saturated carbocycles. The van der Waals surface area contributed by atoms with Gasteiger partial charge >= 0.3 is 0 Å². The smallest absolute Gasteiger partial charge is 0.147 e. The first-order valence-corrected chi connectivity index (χ1v) is 9.92. The Morgan fingerprint density at radius 2 is 2.03 bits per heavy atom.